The molecule has 150 valence electrons. The van der Waals surface area contributed by atoms with E-state index >= 15 is 0 Å². The third-order valence-electron chi connectivity index (χ3n) is 5.02. The van der Waals surface area contributed by atoms with Crippen LogP contribution in [0.15, 0.2) is 47.4 Å². The SMILES string of the molecule is CCNS(=O)(=O)c1ccc(C(=O)NC2(c3ccc(F)cc3F)CCCC2)cc1. The van der Waals surface area contributed by atoms with Crippen LogP contribution in [0.25, 0.3) is 0 Å². The first-order valence-corrected chi connectivity index (χ1v) is 10.6. The molecule has 1 saturated carbocycles. The van der Waals surface area contributed by atoms with E-state index in [-0.39, 0.29) is 22.6 Å². The second kappa shape index (κ2) is 7.97. The molecular formula is C20H22F2N2O3S. The summed E-state index contributed by atoms with van der Waals surface area (Å²) >= 11 is 0. The van der Waals surface area contributed by atoms with Gasteiger partial charge in [0.25, 0.3) is 5.91 Å². The molecule has 0 spiro atoms. The van der Waals surface area contributed by atoms with Gasteiger partial charge in [-0.3, -0.25) is 4.79 Å². The highest BCUT2D eigenvalue weighted by Crippen LogP contribution is 2.40. The molecule has 2 aromatic rings. The van der Waals surface area contributed by atoms with Crippen molar-refractivity contribution in [2.45, 2.75) is 43.0 Å². The molecular weight excluding hydrogens is 386 g/mol. The summed E-state index contributed by atoms with van der Waals surface area (Å²) in [5.41, 5.74) is -0.362. The van der Waals surface area contributed by atoms with Gasteiger partial charge in [0.05, 0.1) is 10.4 Å². The fourth-order valence-electron chi connectivity index (χ4n) is 3.67. The van der Waals surface area contributed by atoms with Crippen molar-refractivity contribution in [3.63, 3.8) is 0 Å². The summed E-state index contributed by atoms with van der Waals surface area (Å²) in [5, 5.41) is 2.90. The highest BCUT2D eigenvalue weighted by atomic mass is 32.2. The van der Waals surface area contributed by atoms with Crippen LogP contribution in [-0.2, 0) is 15.6 Å². The van der Waals surface area contributed by atoms with Gasteiger partial charge in [0.15, 0.2) is 0 Å². The van der Waals surface area contributed by atoms with Crippen molar-refractivity contribution >= 4 is 15.9 Å². The Hall–Kier alpha value is -2.32. The molecule has 2 N–H and O–H groups in total. The quantitative estimate of drug-likeness (QED) is 0.769. The summed E-state index contributed by atoms with van der Waals surface area (Å²) in [7, 11) is -3.61. The van der Waals surface area contributed by atoms with Gasteiger partial charge < -0.3 is 5.32 Å². The Balaban J connectivity index is 1.86. The molecule has 1 aliphatic rings. The average molecular weight is 408 g/mol. The molecule has 0 bridgehead atoms. The molecule has 0 aliphatic heterocycles. The maximum Gasteiger partial charge on any atom is 0.251 e. The van der Waals surface area contributed by atoms with Crippen molar-refractivity contribution < 1.29 is 22.0 Å². The normalized spacial score (nSPS) is 16.1. The zero-order valence-electron chi connectivity index (χ0n) is 15.5. The van der Waals surface area contributed by atoms with Crippen LogP contribution in [0.1, 0.15) is 48.5 Å². The predicted molar refractivity (Wildman–Crippen MR) is 101 cm³/mol. The molecule has 2 aromatic carbocycles. The Morgan fingerprint density at radius 1 is 1.07 bits per heavy atom. The van der Waals surface area contributed by atoms with Gasteiger partial charge in [-0.15, -0.1) is 0 Å². The number of nitrogens with one attached hydrogen (secondary N) is 2. The molecule has 0 unspecified atom stereocenters. The minimum Gasteiger partial charge on any atom is -0.342 e. The van der Waals surface area contributed by atoms with Crippen molar-refractivity contribution in [2.75, 3.05) is 6.54 Å². The summed E-state index contributed by atoms with van der Waals surface area (Å²) < 4.78 is 54.1. The summed E-state index contributed by atoms with van der Waals surface area (Å²) in [6, 6.07) is 8.93. The molecule has 3 rings (SSSR count). The first-order chi connectivity index (χ1) is 13.3. The first-order valence-electron chi connectivity index (χ1n) is 9.15. The highest BCUT2D eigenvalue weighted by molar-refractivity contribution is 7.89. The van der Waals surface area contributed by atoms with Crippen molar-refractivity contribution in [2.24, 2.45) is 0 Å². The number of halogens is 2. The van der Waals surface area contributed by atoms with Gasteiger partial charge >= 0.3 is 0 Å². The molecule has 0 aromatic heterocycles. The minimum absolute atomic E-state index is 0.0612. The van der Waals surface area contributed by atoms with Crippen molar-refractivity contribution in [1.82, 2.24) is 10.0 Å². The van der Waals surface area contributed by atoms with Gasteiger partial charge in [0, 0.05) is 23.7 Å². The van der Waals surface area contributed by atoms with Crippen LogP contribution in [-0.4, -0.2) is 20.9 Å². The lowest BCUT2D eigenvalue weighted by Crippen LogP contribution is -2.44. The van der Waals surface area contributed by atoms with Gasteiger partial charge in [0.2, 0.25) is 10.0 Å². The topological polar surface area (TPSA) is 75.3 Å². The Morgan fingerprint density at radius 2 is 1.71 bits per heavy atom. The van der Waals surface area contributed by atoms with Crippen molar-refractivity contribution in [1.29, 1.82) is 0 Å². The third-order valence-corrected chi connectivity index (χ3v) is 6.58. The Labute approximate surface area is 163 Å². The molecule has 0 saturated heterocycles. The Morgan fingerprint density at radius 3 is 2.29 bits per heavy atom. The predicted octanol–water partition coefficient (Wildman–Crippen LogP) is 3.46. The maximum absolute atomic E-state index is 14.4. The Kier molecular flexibility index (Phi) is 5.81. The van der Waals surface area contributed by atoms with Crippen LogP contribution in [0.2, 0.25) is 0 Å². The van der Waals surface area contributed by atoms with Crippen LogP contribution in [0.4, 0.5) is 8.78 Å². The van der Waals surface area contributed by atoms with Crippen LogP contribution < -0.4 is 10.0 Å². The third kappa shape index (κ3) is 4.07. The van der Waals surface area contributed by atoms with Gasteiger partial charge in [-0.05, 0) is 43.2 Å². The number of sulfonamides is 1. The number of benzene rings is 2. The molecule has 8 heteroatoms. The second-order valence-corrected chi connectivity index (χ2v) is 8.66. The number of hydrogen-bond donors (Lipinski definition) is 2. The monoisotopic (exact) mass is 408 g/mol. The fourth-order valence-corrected chi connectivity index (χ4v) is 4.71. The molecule has 1 amide bonds. The average Bonchev–Trinajstić information content (AvgIpc) is 3.11. The largest absolute Gasteiger partial charge is 0.342 e. The van der Waals surface area contributed by atoms with E-state index in [0.717, 1.165) is 18.9 Å². The summed E-state index contributed by atoms with van der Waals surface area (Å²) in [6.07, 6.45) is 2.73. The standard InChI is InChI=1S/C20H22F2N2O3S/c1-2-23-28(26,27)16-8-5-14(6-9-16)19(25)24-20(11-3-4-12-20)17-10-7-15(21)13-18(17)22/h5-10,13,23H,2-4,11-12H2,1H3,(H,24,25). The summed E-state index contributed by atoms with van der Waals surface area (Å²) in [6.45, 7) is 1.94. The van der Waals surface area contributed by atoms with E-state index in [1.165, 1.54) is 36.4 Å². The minimum atomic E-state index is -3.61. The van der Waals surface area contributed by atoms with E-state index in [1.807, 2.05) is 0 Å². The summed E-state index contributed by atoms with van der Waals surface area (Å²) in [4.78, 5) is 12.8. The fraction of sp³-hybridized carbons (Fsp3) is 0.350. The second-order valence-electron chi connectivity index (χ2n) is 6.89. The molecule has 28 heavy (non-hydrogen) atoms. The van der Waals surface area contributed by atoms with Gasteiger partial charge in [-0.25, -0.2) is 21.9 Å². The summed E-state index contributed by atoms with van der Waals surface area (Å²) in [5.74, 6) is -1.79. The van der Waals surface area contributed by atoms with Crippen molar-refractivity contribution in [3.8, 4) is 0 Å². The first kappa shape index (κ1) is 20.4. The molecule has 1 fully saturated rings. The number of carbonyl (C=O) groups excluding carboxylic acids is 1. The van der Waals surface area contributed by atoms with E-state index < -0.39 is 33.1 Å². The smallest absolute Gasteiger partial charge is 0.251 e. The molecule has 0 atom stereocenters. The molecule has 5 nitrogen and oxygen atoms in total. The molecule has 0 radical (unpaired) electrons. The van der Waals surface area contributed by atoms with Gasteiger partial charge in [-0.2, -0.15) is 0 Å². The van der Waals surface area contributed by atoms with E-state index in [9.17, 15) is 22.0 Å². The molecule has 0 heterocycles. The van der Waals surface area contributed by atoms with Crippen molar-refractivity contribution in [3.05, 3.63) is 65.2 Å². The Bertz CT molecular complexity index is 969. The number of hydrogen-bond acceptors (Lipinski definition) is 3. The molecule has 1 aliphatic carbocycles. The lowest BCUT2D eigenvalue weighted by atomic mass is 9.87. The number of amides is 1. The van der Waals surface area contributed by atoms with Crippen LogP contribution in [0, 0.1) is 11.6 Å². The van der Waals surface area contributed by atoms with Crippen LogP contribution >= 0.6 is 0 Å². The number of rotatable bonds is 6. The van der Waals surface area contributed by atoms with E-state index in [4.69, 9.17) is 0 Å². The van der Waals surface area contributed by atoms with Gasteiger partial charge in [-0.1, -0.05) is 25.8 Å². The lowest BCUT2D eigenvalue weighted by molar-refractivity contribution is 0.0896. The lowest BCUT2D eigenvalue weighted by Gasteiger charge is -2.31. The van der Waals surface area contributed by atoms with Crippen LogP contribution in [0.5, 0.6) is 0 Å². The zero-order valence-corrected chi connectivity index (χ0v) is 16.3. The number of carbonyl (C=O) groups is 1. The highest BCUT2D eigenvalue weighted by Gasteiger charge is 2.39. The van der Waals surface area contributed by atoms with Gasteiger partial charge in [0.1, 0.15) is 11.6 Å². The zero-order chi connectivity index (χ0) is 20.4. The maximum atomic E-state index is 14.4. The van der Waals surface area contributed by atoms with E-state index in [1.54, 1.807) is 6.92 Å². The van der Waals surface area contributed by atoms with Crippen LogP contribution in [0.3, 0.4) is 0 Å². The van der Waals surface area contributed by atoms with E-state index in [0.29, 0.717) is 12.8 Å². The van der Waals surface area contributed by atoms with E-state index in [2.05, 4.69) is 10.0 Å².